The molecular formula is C19H20ClN3OS. The molecule has 6 heteroatoms. The Bertz CT molecular complexity index is 787. The highest BCUT2D eigenvalue weighted by atomic mass is 35.5. The number of thiazole rings is 1. The molecule has 25 heavy (non-hydrogen) atoms. The van der Waals surface area contributed by atoms with Gasteiger partial charge in [0.2, 0.25) is 5.88 Å². The van der Waals surface area contributed by atoms with Crippen molar-refractivity contribution < 1.29 is 4.74 Å². The summed E-state index contributed by atoms with van der Waals surface area (Å²) in [6.45, 7) is 2.89. The second kappa shape index (κ2) is 8.83. The van der Waals surface area contributed by atoms with E-state index in [-0.39, 0.29) is 0 Å². The molecule has 1 N–H and O–H groups in total. The maximum Gasteiger partial charge on any atom is 0.213 e. The minimum atomic E-state index is 0.655. The Kier molecular flexibility index (Phi) is 6.25. The van der Waals surface area contributed by atoms with Crippen molar-refractivity contribution in [3.8, 4) is 17.1 Å². The average molecular weight is 374 g/mol. The first kappa shape index (κ1) is 17.7. The Hall–Kier alpha value is -2.11. The number of rotatable bonds is 8. The van der Waals surface area contributed by atoms with E-state index in [4.69, 9.17) is 16.3 Å². The van der Waals surface area contributed by atoms with Crippen molar-refractivity contribution >= 4 is 33.8 Å². The molecule has 0 aliphatic rings. The van der Waals surface area contributed by atoms with Crippen molar-refractivity contribution in [2.24, 2.45) is 0 Å². The summed E-state index contributed by atoms with van der Waals surface area (Å²) in [5.41, 5.74) is 2.86. The van der Waals surface area contributed by atoms with Crippen LogP contribution in [0.1, 0.15) is 26.2 Å². The lowest BCUT2D eigenvalue weighted by Gasteiger charge is -2.06. The summed E-state index contributed by atoms with van der Waals surface area (Å²) in [5, 5.41) is 6.84. The fourth-order valence-corrected chi connectivity index (χ4v) is 3.14. The molecule has 0 saturated heterocycles. The largest absolute Gasteiger partial charge is 0.478 e. The van der Waals surface area contributed by atoms with E-state index in [0.29, 0.717) is 12.5 Å². The summed E-state index contributed by atoms with van der Waals surface area (Å²) >= 11 is 7.48. The van der Waals surface area contributed by atoms with E-state index >= 15 is 0 Å². The first-order chi connectivity index (χ1) is 12.2. The average Bonchev–Trinajstić information content (AvgIpc) is 3.09. The summed E-state index contributed by atoms with van der Waals surface area (Å²) in [6, 6.07) is 11.5. The van der Waals surface area contributed by atoms with Crippen LogP contribution in [0, 0.1) is 0 Å². The molecule has 0 saturated carbocycles. The SMILES string of the molecule is CCCCCOc1ccc(Nc2nc(-c3ccc(Cl)cc3)cs2)cn1. The molecule has 0 atom stereocenters. The number of nitrogens with zero attached hydrogens (tertiary/aromatic N) is 2. The first-order valence-corrected chi connectivity index (χ1v) is 9.57. The Balaban J connectivity index is 1.58. The molecule has 0 aliphatic carbocycles. The summed E-state index contributed by atoms with van der Waals surface area (Å²) in [6.07, 6.45) is 5.19. The van der Waals surface area contributed by atoms with Gasteiger partial charge in [0.05, 0.1) is 24.2 Å². The minimum Gasteiger partial charge on any atom is -0.478 e. The van der Waals surface area contributed by atoms with E-state index in [9.17, 15) is 0 Å². The van der Waals surface area contributed by atoms with Crippen LogP contribution in [-0.2, 0) is 0 Å². The highest BCUT2D eigenvalue weighted by Gasteiger charge is 2.05. The molecule has 4 nitrogen and oxygen atoms in total. The van der Waals surface area contributed by atoms with Gasteiger partial charge in [0.25, 0.3) is 0 Å². The lowest BCUT2D eigenvalue weighted by atomic mass is 10.2. The van der Waals surface area contributed by atoms with Crippen LogP contribution in [0.4, 0.5) is 10.8 Å². The molecule has 0 aliphatic heterocycles. The van der Waals surface area contributed by atoms with Crippen LogP contribution in [0.5, 0.6) is 5.88 Å². The Morgan fingerprint density at radius 3 is 2.68 bits per heavy atom. The molecule has 130 valence electrons. The van der Waals surface area contributed by atoms with Crippen LogP contribution in [0.15, 0.2) is 48.0 Å². The van der Waals surface area contributed by atoms with Crippen molar-refractivity contribution in [2.45, 2.75) is 26.2 Å². The van der Waals surface area contributed by atoms with Gasteiger partial charge in [-0.3, -0.25) is 0 Å². The van der Waals surface area contributed by atoms with E-state index in [2.05, 4.69) is 22.2 Å². The van der Waals surface area contributed by atoms with Gasteiger partial charge in [-0.2, -0.15) is 0 Å². The van der Waals surface area contributed by atoms with Crippen molar-refractivity contribution in [2.75, 3.05) is 11.9 Å². The number of nitrogens with one attached hydrogen (secondary N) is 1. The summed E-state index contributed by atoms with van der Waals surface area (Å²) in [4.78, 5) is 8.93. The minimum absolute atomic E-state index is 0.655. The van der Waals surface area contributed by atoms with Gasteiger partial charge in [-0.25, -0.2) is 9.97 Å². The number of benzene rings is 1. The molecule has 0 amide bonds. The fraction of sp³-hybridized carbons (Fsp3) is 0.263. The highest BCUT2D eigenvalue weighted by Crippen LogP contribution is 2.28. The maximum atomic E-state index is 5.92. The molecule has 3 rings (SSSR count). The van der Waals surface area contributed by atoms with Gasteiger partial charge < -0.3 is 10.1 Å². The second-order valence-corrected chi connectivity index (χ2v) is 6.91. The Morgan fingerprint density at radius 2 is 1.96 bits per heavy atom. The lowest BCUT2D eigenvalue weighted by molar-refractivity contribution is 0.295. The van der Waals surface area contributed by atoms with Crippen LogP contribution in [0.2, 0.25) is 5.02 Å². The van der Waals surface area contributed by atoms with Gasteiger partial charge in [0.15, 0.2) is 5.13 Å². The van der Waals surface area contributed by atoms with E-state index in [0.717, 1.165) is 33.5 Å². The Morgan fingerprint density at radius 1 is 1.12 bits per heavy atom. The van der Waals surface area contributed by atoms with Crippen LogP contribution < -0.4 is 10.1 Å². The predicted octanol–water partition coefficient (Wildman–Crippen LogP) is 6.17. The van der Waals surface area contributed by atoms with Crippen LogP contribution >= 0.6 is 22.9 Å². The van der Waals surface area contributed by atoms with Gasteiger partial charge in [-0.15, -0.1) is 11.3 Å². The van der Waals surface area contributed by atoms with Crippen LogP contribution in [0.3, 0.4) is 0 Å². The van der Waals surface area contributed by atoms with Gasteiger partial charge in [0, 0.05) is 22.0 Å². The fourth-order valence-electron chi connectivity index (χ4n) is 2.28. The number of hydrogen-bond acceptors (Lipinski definition) is 5. The monoisotopic (exact) mass is 373 g/mol. The molecule has 1 aromatic carbocycles. The third kappa shape index (κ3) is 5.18. The van der Waals surface area contributed by atoms with Gasteiger partial charge in [0.1, 0.15) is 0 Å². The number of halogens is 1. The molecule has 2 heterocycles. The zero-order valence-corrected chi connectivity index (χ0v) is 15.6. The molecule has 0 unspecified atom stereocenters. The van der Waals surface area contributed by atoms with Gasteiger partial charge >= 0.3 is 0 Å². The normalized spacial score (nSPS) is 10.6. The zero-order chi connectivity index (χ0) is 17.5. The lowest BCUT2D eigenvalue weighted by Crippen LogP contribution is -1.99. The number of anilines is 2. The summed E-state index contributed by atoms with van der Waals surface area (Å²) in [7, 11) is 0. The molecule has 0 spiro atoms. The Labute approximate surface area is 156 Å². The number of pyridine rings is 1. The standard InChI is InChI=1S/C19H20ClN3OS/c1-2-3-4-11-24-18-10-9-16(12-21-18)22-19-23-17(13-25-19)14-5-7-15(20)8-6-14/h5-10,12-13H,2-4,11H2,1H3,(H,22,23). The van der Waals surface area contributed by atoms with E-state index in [1.54, 1.807) is 17.5 Å². The van der Waals surface area contributed by atoms with Crippen molar-refractivity contribution in [3.05, 3.63) is 53.0 Å². The maximum absolute atomic E-state index is 5.92. The predicted molar refractivity (Wildman–Crippen MR) is 105 cm³/mol. The van der Waals surface area contributed by atoms with E-state index in [1.807, 2.05) is 41.8 Å². The van der Waals surface area contributed by atoms with Gasteiger partial charge in [-0.1, -0.05) is 43.5 Å². The third-order valence-electron chi connectivity index (χ3n) is 3.63. The number of unbranched alkanes of at least 4 members (excludes halogenated alkanes) is 2. The topological polar surface area (TPSA) is 47.0 Å². The first-order valence-electron chi connectivity index (χ1n) is 8.32. The number of hydrogen-bond donors (Lipinski definition) is 1. The molecular weight excluding hydrogens is 354 g/mol. The highest BCUT2D eigenvalue weighted by molar-refractivity contribution is 7.14. The molecule has 0 fully saturated rings. The molecule has 2 aromatic heterocycles. The molecule has 3 aromatic rings. The van der Waals surface area contributed by atoms with Crippen molar-refractivity contribution in [1.82, 2.24) is 9.97 Å². The van der Waals surface area contributed by atoms with Crippen molar-refractivity contribution in [1.29, 1.82) is 0 Å². The third-order valence-corrected chi connectivity index (χ3v) is 4.64. The quantitative estimate of drug-likeness (QED) is 0.479. The number of ether oxygens (including phenoxy) is 1. The zero-order valence-electron chi connectivity index (χ0n) is 14.0. The van der Waals surface area contributed by atoms with Crippen LogP contribution in [-0.4, -0.2) is 16.6 Å². The summed E-state index contributed by atoms with van der Waals surface area (Å²) in [5.74, 6) is 0.655. The molecule has 0 bridgehead atoms. The second-order valence-electron chi connectivity index (χ2n) is 5.61. The van der Waals surface area contributed by atoms with E-state index in [1.165, 1.54) is 12.8 Å². The van der Waals surface area contributed by atoms with Gasteiger partial charge in [-0.05, 0) is 24.6 Å². The molecule has 0 radical (unpaired) electrons. The summed E-state index contributed by atoms with van der Waals surface area (Å²) < 4.78 is 5.62. The number of aromatic nitrogens is 2. The van der Waals surface area contributed by atoms with Crippen LogP contribution in [0.25, 0.3) is 11.3 Å². The smallest absolute Gasteiger partial charge is 0.213 e. The van der Waals surface area contributed by atoms with E-state index < -0.39 is 0 Å². The van der Waals surface area contributed by atoms with Crippen molar-refractivity contribution in [3.63, 3.8) is 0 Å².